The zero-order valence-electron chi connectivity index (χ0n) is 15.2. The van der Waals surface area contributed by atoms with Gasteiger partial charge >= 0.3 is 5.97 Å². The molecule has 0 radical (unpaired) electrons. The minimum atomic E-state index is -0.574. The molecule has 0 aromatic heterocycles. The lowest BCUT2D eigenvalue weighted by molar-refractivity contribution is -0.146. The molecule has 0 aliphatic carbocycles. The number of morpholine rings is 1. The molecule has 6 heteroatoms. The highest BCUT2D eigenvalue weighted by Gasteiger charge is 2.27. The molecule has 2 aromatic rings. The quantitative estimate of drug-likeness (QED) is 0.787. The molecule has 1 aliphatic heterocycles. The van der Waals surface area contributed by atoms with Crippen LogP contribution >= 0.6 is 0 Å². The normalized spacial score (nSPS) is 20.0. The van der Waals surface area contributed by atoms with Crippen molar-refractivity contribution >= 4 is 22.6 Å². The van der Waals surface area contributed by atoms with E-state index in [9.17, 15) is 9.59 Å². The summed E-state index contributed by atoms with van der Waals surface area (Å²) in [5.41, 5.74) is 0.308. The van der Waals surface area contributed by atoms with Gasteiger partial charge < -0.3 is 19.1 Å². The first-order valence-corrected chi connectivity index (χ1v) is 8.65. The van der Waals surface area contributed by atoms with E-state index in [1.54, 1.807) is 17.0 Å². The molecule has 1 saturated heterocycles. The van der Waals surface area contributed by atoms with Gasteiger partial charge in [0.05, 0.1) is 19.3 Å². The second-order valence-corrected chi connectivity index (χ2v) is 6.53. The molecular weight excluding hydrogens is 334 g/mol. The van der Waals surface area contributed by atoms with Gasteiger partial charge in [0.15, 0.2) is 6.61 Å². The molecule has 1 amide bonds. The number of ether oxygens (including phenoxy) is 3. The number of benzene rings is 2. The zero-order chi connectivity index (χ0) is 18.7. The number of amides is 1. The molecule has 2 atom stereocenters. The maximum absolute atomic E-state index is 12.5. The van der Waals surface area contributed by atoms with Crippen molar-refractivity contribution in [2.75, 3.05) is 26.8 Å². The molecule has 0 saturated carbocycles. The zero-order valence-corrected chi connectivity index (χ0v) is 15.2. The number of rotatable bonds is 4. The Kier molecular flexibility index (Phi) is 5.42. The summed E-state index contributed by atoms with van der Waals surface area (Å²) < 4.78 is 16.2. The SMILES string of the molecule is COc1cc2ccccc2cc1C(=O)OCC(=O)N1CC(C)OC(C)C1. The van der Waals surface area contributed by atoms with Crippen LogP contribution in [0.3, 0.4) is 0 Å². The first kappa shape index (κ1) is 18.2. The monoisotopic (exact) mass is 357 g/mol. The molecule has 26 heavy (non-hydrogen) atoms. The van der Waals surface area contributed by atoms with Crippen LogP contribution < -0.4 is 4.74 Å². The number of hydrogen-bond donors (Lipinski definition) is 0. The summed E-state index contributed by atoms with van der Waals surface area (Å²) in [7, 11) is 1.50. The van der Waals surface area contributed by atoms with Gasteiger partial charge in [0.2, 0.25) is 0 Å². The molecule has 1 aliphatic rings. The van der Waals surface area contributed by atoms with Crippen LogP contribution in [0.2, 0.25) is 0 Å². The van der Waals surface area contributed by atoms with E-state index >= 15 is 0 Å². The van der Waals surface area contributed by atoms with Crippen LogP contribution in [0.25, 0.3) is 10.8 Å². The molecule has 0 bridgehead atoms. The van der Waals surface area contributed by atoms with E-state index in [0.717, 1.165) is 10.8 Å². The Hall–Kier alpha value is -2.60. The molecule has 1 fully saturated rings. The van der Waals surface area contributed by atoms with E-state index in [1.807, 2.05) is 38.1 Å². The summed E-state index contributed by atoms with van der Waals surface area (Å²) in [6, 6.07) is 11.2. The third-order valence-corrected chi connectivity index (χ3v) is 4.39. The fourth-order valence-electron chi connectivity index (χ4n) is 3.23. The molecule has 0 N–H and O–H groups in total. The van der Waals surface area contributed by atoms with Gasteiger partial charge in [0.1, 0.15) is 11.3 Å². The Morgan fingerprint density at radius 3 is 2.35 bits per heavy atom. The minimum absolute atomic E-state index is 0.0287. The van der Waals surface area contributed by atoms with Gasteiger partial charge in [-0.1, -0.05) is 24.3 Å². The Morgan fingerprint density at radius 2 is 1.73 bits per heavy atom. The van der Waals surface area contributed by atoms with Gasteiger partial charge in [-0.3, -0.25) is 4.79 Å². The molecule has 1 heterocycles. The van der Waals surface area contributed by atoms with Crippen LogP contribution in [-0.4, -0.2) is 55.8 Å². The lowest BCUT2D eigenvalue weighted by atomic mass is 10.1. The molecule has 6 nitrogen and oxygen atoms in total. The van der Waals surface area contributed by atoms with Gasteiger partial charge in [0.25, 0.3) is 5.91 Å². The topological polar surface area (TPSA) is 65.1 Å². The van der Waals surface area contributed by atoms with E-state index in [4.69, 9.17) is 14.2 Å². The van der Waals surface area contributed by atoms with Crippen molar-refractivity contribution in [1.82, 2.24) is 4.90 Å². The van der Waals surface area contributed by atoms with E-state index < -0.39 is 5.97 Å². The highest BCUT2D eigenvalue weighted by atomic mass is 16.5. The Bertz CT molecular complexity index is 809. The van der Waals surface area contributed by atoms with Crippen LogP contribution in [0.4, 0.5) is 0 Å². The average molecular weight is 357 g/mol. The van der Waals surface area contributed by atoms with E-state index in [2.05, 4.69) is 0 Å². The number of hydrogen-bond acceptors (Lipinski definition) is 5. The van der Waals surface area contributed by atoms with Crippen molar-refractivity contribution in [3.63, 3.8) is 0 Å². The van der Waals surface area contributed by atoms with Gasteiger partial charge in [-0.15, -0.1) is 0 Å². The van der Waals surface area contributed by atoms with Crippen molar-refractivity contribution in [2.45, 2.75) is 26.1 Å². The van der Waals surface area contributed by atoms with Crippen molar-refractivity contribution in [2.24, 2.45) is 0 Å². The lowest BCUT2D eigenvalue weighted by Crippen LogP contribution is -2.49. The fourth-order valence-corrected chi connectivity index (χ4v) is 3.23. The molecule has 0 spiro atoms. The summed E-state index contributed by atoms with van der Waals surface area (Å²) >= 11 is 0. The second-order valence-electron chi connectivity index (χ2n) is 6.53. The van der Waals surface area contributed by atoms with Crippen molar-refractivity contribution in [3.05, 3.63) is 42.0 Å². The highest BCUT2D eigenvalue weighted by molar-refractivity contribution is 5.99. The van der Waals surface area contributed by atoms with Gasteiger partial charge in [-0.05, 0) is 36.8 Å². The van der Waals surface area contributed by atoms with Crippen LogP contribution in [-0.2, 0) is 14.3 Å². The average Bonchev–Trinajstić information content (AvgIpc) is 2.63. The third kappa shape index (κ3) is 3.96. The largest absolute Gasteiger partial charge is 0.496 e. The summed E-state index contributed by atoms with van der Waals surface area (Å²) in [6.45, 7) is 4.54. The number of carbonyl (C=O) groups excluding carboxylic acids is 2. The second kappa shape index (κ2) is 7.74. The van der Waals surface area contributed by atoms with Crippen LogP contribution in [0.15, 0.2) is 36.4 Å². The van der Waals surface area contributed by atoms with Crippen LogP contribution in [0.5, 0.6) is 5.75 Å². The van der Waals surface area contributed by atoms with Crippen molar-refractivity contribution in [1.29, 1.82) is 0 Å². The van der Waals surface area contributed by atoms with E-state index in [-0.39, 0.29) is 24.7 Å². The highest BCUT2D eigenvalue weighted by Crippen LogP contribution is 2.26. The first-order valence-electron chi connectivity index (χ1n) is 8.65. The van der Waals surface area contributed by atoms with Crippen LogP contribution in [0, 0.1) is 0 Å². The van der Waals surface area contributed by atoms with Crippen molar-refractivity contribution in [3.8, 4) is 5.75 Å². The Morgan fingerprint density at radius 1 is 1.12 bits per heavy atom. The molecule has 3 rings (SSSR count). The summed E-state index contributed by atoms with van der Waals surface area (Å²) in [5, 5.41) is 1.87. The maximum Gasteiger partial charge on any atom is 0.342 e. The first-order chi connectivity index (χ1) is 12.5. The van der Waals surface area contributed by atoms with Crippen molar-refractivity contribution < 1.29 is 23.8 Å². The maximum atomic E-state index is 12.5. The molecular formula is C20H23NO5. The predicted molar refractivity (Wildman–Crippen MR) is 97.4 cm³/mol. The number of methoxy groups -OCH3 is 1. The Labute approximate surface area is 152 Å². The van der Waals surface area contributed by atoms with Gasteiger partial charge in [-0.25, -0.2) is 4.79 Å². The van der Waals surface area contributed by atoms with Gasteiger partial charge in [0, 0.05) is 13.1 Å². The number of fused-ring (bicyclic) bond motifs is 1. The van der Waals surface area contributed by atoms with Gasteiger partial charge in [-0.2, -0.15) is 0 Å². The molecule has 2 unspecified atom stereocenters. The van der Waals surface area contributed by atoms with E-state index in [0.29, 0.717) is 24.4 Å². The number of carbonyl (C=O) groups is 2. The fraction of sp³-hybridized carbons (Fsp3) is 0.400. The number of esters is 1. The molecule has 138 valence electrons. The number of nitrogens with zero attached hydrogens (tertiary/aromatic N) is 1. The summed E-state index contributed by atoms with van der Waals surface area (Å²) in [4.78, 5) is 26.5. The van der Waals surface area contributed by atoms with E-state index in [1.165, 1.54) is 7.11 Å². The summed E-state index contributed by atoms with van der Waals surface area (Å²) in [6.07, 6.45) is -0.0574. The predicted octanol–water partition coefficient (Wildman–Crippen LogP) is 2.64. The smallest absolute Gasteiger partial charge is 0.342 e. The summed E-state index contributed by atoms with van der Waals surface area (Å²) in [5.74, 6) is -0.370. The standard InChI is InChI=1S/C20H23NO5/c1-13-10-21(11-14(2)26-13)19(22)12-25-20(23)17-8-15-6-4-5-7-16(15)9-18(17)24-3/h4-9,13-14H,10-12H2,1-3H3. The Balaban J connectivity index is 1.70. The van der Waals surface area contributed by atoms with Crippen LogP contribution in [0.1, 0.15) is 24.2 Å². The molecule has 2 aromatic carbocycles. The minimum Gasteiger partial charge on any atom is -0.496 e. The lowest BCUT2D eigenvalue weighted by Gasteiger charge is -2.35. The third-order valence-electron chi connectivity index (χ3n) is 4.39.